The van der Waals surface area contributed by atoms with E-state index in [0.717, 1.165) is 22.3 Å². The molecule has 2 heterocycles. The molecule has 2 aromatic heterocycles. The van der Waals surface area contributed by atoms with Crippen LogP contribution in [0.5, 0.6) is 0 Å². The van der Waals surface area contributed by atoms with E-state index in [0.29, 0.717) is 6.54 Å². The zero-order valence-electron chi connectivity index (χ0n) is 10.2. The van der Waals surface area contributed by atoms with Crippen LogP contribution < -0.4 is 5.73 Å². The van der Waals surface area contributed by atoms with Gasteiger partial charge in [0.1, 0.15) is 0 Å². The minimum atomic E-state index is 0.666. The highest BCUT2D eigenvalue weighted by Crippen LogP contribution is 2.18. The van der Waals surface area contributed by atoms with Crippen LogP contribution in [0.3, 0.4) is 0 Å². The Hall–Kier alpha value is -2.36. The second kappa shape index (κ2) is 4.14. The Morgan fingerprint density at radius 1 is 1.28 bits per heavy atom. The van der Waals surface area contributed by atoms with E-state index in [9.17, 15) is 0 Å². The van der Waals surface area contributed by atoms with Crippen LogP contribution in [0.4, 0.5) is 5.69 Å². The maximum Gasteiger partial charge on any atom is 0.0841 e. The van der Waals surface area contributed by atoms with E-state index in [1.54, 1.807) is 0 Å². The standard InChI is InChI=1S/C14H14N4/c1-10-3-2-6-16-13(10)9-18-14-7-12(15)5-4-11(14)8-17-18/h2-8H,9,15H2,1H3. The molecule has 4 nitrogen and oxygen atoms in total. The summed E-state index contributed by atoms with van der Waals surface area (Å²) in [7, 11) is 0. The van der Waals surface area contributed by atoms with E-state index >= 15 is 0 Å². The molecule has 0 unspecified atom stereocenters. The molecule has 0 aliphatic heterocycles. The Morgan fingerprint density at radius 2 is 2.17 bits per heavy atom. The lowest BCUT2D eigenvalue weighted by atomic mass is 10.2. The number of rotatable bonds is 2. The van der Waals surface area contributed by atoms with Crippen LogP contribution in [0.2, 0.25) is 0 Å². The number of hydrogen-bond donors (Lipinski definition) is 1. The second-order valence-electron chi connectivity index (χ2n) is 4.39. The smallest absolute Gasteiger partial charge is 0.0841 e. The second-order valence-corrected chi connectivity index (χ2v) is 4.39. The van der Waals surface area contributed by atoms with Crippen LogP contribution in [-0.2, 0) is 6.54 Å². The van der Waals surface area contributed by atoms with Gasteiger partial charge in [-0.15, -0.1) is 0 Å². The van der Waals surface area contributed by atoms with Crippen molar-refractivity contribution in [1.29, 1.82) is 0 Å². The summed E-state index contributed by atoms with van der Waals surface area (Å²) in [5, 5.41) is 5.49. The largest absolute Gasteiger partial charge is 0.399 e. The number of aryl methyl sites for hydroxylation is 1. The summed E-state index contributed by atoms with van der Waals surface area (Å²) in [5.41, 5.74) is 9.82. The maximum absolute atomic E-state index is 5.82. The zero-order valence-corrected chi connectivity index (χ0v) is 10.2. The highest BCUT2D eigenvalue weighted by atomic mass is 15.3. The highest BCUT2D eigenvalue weighted by Gasteiger charge is 2.06. The molecule has 2 N–H and O–H groups in total. The third-order valence-electron chi connectivity index (χ3n) is 3.09. The van der Waals surface area contributed by atoms with Gasteiger partial charge in [0.05, 0.1) is 24.0 Å². The van der Waals surface area contributed by atoms with Crippen LogP contribution in [0.1, 0.15) is 11.3 Å². The molecule has 0 aliphatic rings. The molecule has 0 atom stereocenters. The van der Waals surface area contributed by atoms with Crippen molar-refractivity contribution >= 4 is 16.6 Å². The number of aromatic nitrogens is 3. The average molecular weight is 238 g/mol. The van der Waals surface area contributed by atoms with Gasteiger partial charge in [-0.3, -0.25) is 9.67 Å². The van der Waals surface area contributed by atoms with Crippen molar-refractivity contribution in [3.05, 3.63) is 54.0 Å². The lowest BCUT2D eigenvalue weighted by molar-refractivity contribution is 0.692. The third-order valence-corrected chi connectivity index (χ3v) is 3.09. The van der Waals surface area contributed by atoms with Crippen LogP contribution >= 0.6 is 0 Å². The fraction of sp³-hybridized carbons (Fsp3) is 0.143. The summed E-state index contributed by atoms with van der Waals surface area (Å²) in [5.74, 6) is 0. The molecule has 3 rings (SSSR count). The molecule has 3 aromatic rings. The first-order valence-corrected chi connectivity index (χ1v) is 5.85. The van der Waals surface area contributed by atoms with Gasteiger partial charge in [0.15, 0.2) is 0 Å². The summed E-state index contributed by atoms with van der Waals surface area (Å²) in [6.07, 6.45) is 3.66. The predicted octanol–water partition coefficient (Wildman–Crippen LogP) is 2.37. The van der Waals surface area contributed by atoms with Crippen molar-refractivity contribution in [2.24, 2.45) is 0 Å². The van der Waals surface area contributed by atoms with Crippen LogP contribution in [0.15, 0.2) is 42.7 Å². The first kappa shape index (κ1) is 10.8. The molecule has 4 heteroatoms. The van der Waals surface area contributed by atoms with Crippen LogP contribution in [-0.4, -0.2) is 14.8 Å². The molecule has 0 radical (unpaired) electrons. The van der Waals surface area contributed by atoms with Crippen molar-refractivity contribution in [3.8, 4) is 0 Å². The molecule has 90 valence electrons. The molecule has 0 amide bonds. The highest BCUT2D eigenvalue weighted by molar-refractivity contribution is 5.81. The van der Waals surface area contributed by atoms with Gasteiger partial charge in [0, 0.05) is 17.3 Å². The van der Waals surface area contributed by atoms with E-state index in [1.807, 2.05) is 41.3 Å². The molecular formula is C14H14N4. The maximum atomic E-state index is 5.82. The number of benzene rings is 1. The Balaban J connectivity index is 2.05. The first-order chi connectivity index (χ1) is 8.74. The number of hydrogen-bond acceptors (Lipinski definition) is 3. The minimum absolute atomic E-state index is 0.666. The predicted molar refractivity (Wildman–Crippen MR) is 72.2 cm³/mol. The van der Waals surface area contributed by atoms with E-state index in [1.165, 1.54) is 5.56 Å². The number of nitrogens with zero attached hydrogens (tertiary/aromatic N) is 3. The summed E-state index contributed by atoms with van der Waals surface area (Å²) in [6, 6.07) is 9.82. The summed E-state index contributed by atoms with van der Waals surface area (Å²) >= 11 is 0. The number of anilines is 1. The molecule has 0 saturated carbocycles. The van der Waals surface area contributed by atoms with Crippen molar-refractivity contribution in [2.45, 2.75) is 13.5 Å². The van der Waals surface area contributed by atoms with E-state index in [4.69, 9.17) is 5.73 Å². The van der Waals surface area contributed by atoms with E-state index < -0.39 is 0 Å². The summed E-state index contributed by atoms with van der Waals surface area (Å²) in [4.78, 5) is 4.39. The fourth-order valence-electron chi connectivity index (χ4n) is 2.04. The van der Waals surface area contributed by atoms with Crippen LogP contribution in [0, 0.1) is 6.92 Å². The molecule has 0 spiro atoms. The summed E-state index contributed by atoms with van der Waals surface area (Å²) in [6.45, 7) is 2.72. The van der Waals surface area contributed by atoms with Crippen LogP contribution in [0.25, 0.3) is 10.9 Å². The lowest BCUT2D eigenvalue weighted by Gasteiger charge is -2.06. The number of fused-ring (bicyclic) bond motifs is 1. The van der Waals surface area contributed by atoms with Gasteiger partial charge in [-0.2, -0.15) is 5.10 Å². The first-order valence-electron chi connectivity index (χ1n) is 5.85. The van der Waals surface area contributed by atoms with Crippen molar-refractivity contribution in [3.63, 3.8) is 0 Å². The van der Waals surface area contributed by atoms with Gasteiger partial charge in [0.25, 0.3) is 0 Å². The Labute approximate surface area is 105 Å². The Morgan fingerprint density at radius 3 is 3.00 bits per heavy atom. The summed E-state index contributed by atoms with van der Waals surface area (Å²) < 4.78 is 1.93. The number of nitrogen functional groups attached to an aromatic ring is 1. The number of pyridine rings is 1. The molecule has 0 fully saturated rings. The van der Waals surface area contributed by atoms with Crippen molar-refractivity contribution in [1.82, 2.24) is 14.8 Å². The van der Waals surface area contributed by atoms with Crippen molar-refractivity contribution < 1.29 is 0 Å². The Bertz CT molecular complexity index is 700. The number of nitrogens with two attached hydrogens (primary N) is 1. The molecule has 1 aromatic carbocycles. The molecule has 0 bridgehead atoms. The zero-order chi connectivity index (χ0) is 12.5. The quantitative estimate of drug-likeness (QED) is 0.697. The average Bonchev–Trinajstić information content (AvgIpc) is 2.75. The van der Waals surface area contributed by atoms with E-state index in [2.05, 4.69) is 23.1 Å². The normalized spacial score (nSPS) is 10.9. The van der Waals surface area contributed by atoms with Gasteiger partial charge in [-0.1, -0.05) is 6.07 Å². The third kappa shape index (κ3) is 1.82. The SMILES string of the molecule is Cc1cccnc1Cn1ncc2ccc(N)cc21. The fourth-order valence-corrected chi connectivity index (χ4v) is 2.04. The molecule has 0 aliphatic carbocycles. The topological polar surface area (TPSA) is 56.7 Å². The van der Waals surface area contributed by atoms with Gasteiger partial charge < -0.3 is 5.73 Å². The van der Waals surface area contributed by atoms with Gasteiger partial charge in [-0.05, 0) is 36.8 Å². The van der Waals surface area contributed by atoms with Gasteiger partial charge in [-0.25, -0.2) is 0 Å². The molecule has 18 heavy (non-hydrogen) atoms. The Kier molecular flexibility index (Phi) is 2.48. The van der Waals surface area contributed by atoms with Gasteiger partial charge >= 0.3 is 0 Å². The minimum Gasteiger partial charge on any atom is -0.399 e. The lowest BCUT2D eigenvalue weighted by Crippen LogP contribution is -2.05. The molecular weight excluding hydrogens is 224 g/mol. The van der Waals surface area contributed by atoms with Gasteiger partial charge in [0.2, 0.25) is 0 Å². The van der Waals surface area contributed by atoms with Crippen molar-refractivity contribution in [2.75, 3.05) is 5.73 Å². The monoisotopic (exact) mass is 238 g/mol. The van der Waals surface area contributed by atoms with E-state index in [-0.39, 0.29) is 0 Å². The molecule has 0 saturated heterocycles.